The van der Waals surface area contributed by atoms with Crippen molar-refractivity contribution in [1.29, 1.82) is 0 Å². The maximum atomic E-state index is 12.3. The molecule has 7 heteroatoms. The Morgan fingerprint density at radius 3 is 2.62 bits per heavy atom. The first-order valence-corrected chi connectivity index (χ1v) is 8.07. The van der Waals surface area contributed by atoms with Crippen LogP contribution in [-0.2, 0) is 0 Å². The van der Waals surface area contributed by atoms with Crippen LogP contribution in [0, 0.1) is 0 Å². The fraction of sp³-hybridized carbons (Fsp3) is 0.353. The predicted octanol–water partition coefficient (Wildman–Crippen LogP) is 2.81. The summed E-state index contributed by atoms with van der Waals surface area (Å²) < 4.78 is 10.5. The number of carbonyl (C=O) groups excluding carboxylic acids is 1. The summed E-state index contributed by atoms with van der Waals surface area (Å²) in [6.07, 6.45) is 7.85. The molecule has 1 saturated carbocycles. The molecule has 2 heterocycles. The second kappa shape index (κ2) is 6.35. The highest BCUT2D eigenvalue weighted by Gasteiger charge is 2.17. The number of amides is 1. The van der Waals surface area contributed by atoms with Gasteiger partial charge in [0.15, 0.2) is 11.5 Å². The van der Waals surface area contributed by atoms with Crippen molar-refractivity contribution < 1.29 is 14.3 Å². The van der Waals surface area contributed by atoms with Crippen molar-refractivity contribution in [2.24, 2.45) is 0 Å². The lowest BCUT2D eigenvalue weighted by Gasteiger charge is -2.11. The number of ether oxygens (including phenoxy) is 2. The van der Waals surface area contributed by atoms with Gasteiger partial charge >= 0.3 is 0 Å². The van der Waals surface area contributed by atoms with Crippen molar-refractivity contribution in [1.82, 2.24) is 9.97 Å². The highest BCUT2D eigenvalue weighted by molar-refractivity contribution is 6.04. The first-order valence-electron chi connectivity index (χ1n) is 8.07. The summed E-state index contributed by atoms with van der Waals surface area (Å²) in [5, 5.41) is 6.11. The summed E-state index contributed by atoms with van der Waals surface area (Å²) >= 11 is 0. The molecule has 2 aliphatic rings. The lowest BCUT2D eigenvalue weighted by atomic mass is 10.2. The summed E-state index contributed by atoms with van der Waals surface area (Å²) in [5.41, 5.74) is 1.04. The quantitative estimate of drug-likeness (QED) is 0.898. The number of hydrogen-bond donors (Lipinski definition) is 2. The van der Waals surface area contributed by atoms with E-state index in [0.717, 1.165) is 12.8 Å². The predicted molar refractivity (Wildman–Crippen MR) is 88.4 cm³/mol. The molecule has 1 amide bonds. The monoisotopic (exact) mass is 326 g/mol. The fourth-order valence-electron chi connectivity index (χ4n) is 2.95. The highest BCUT2D eigenvalue weighted by Crippen LogP contribution is 2.34. The Labute approximate surface area is 139 Å². The maximum Gasteiger partial charge on any atom is 0.258 e. The first-order chi connectivity index (χ1) is 11.8. The molecule has 1 fully saturated rings. The molecule has 7 nitrogen and oxygen atoms in total. The molecule has 4 rings (SSSR count). The fourth-order valence-corrected chi connectivity index (χ4v) is 2.95. The first kappa shape index (κ1) is 14.7. The van der Waals surface area contributed by atoms with Crippen LogP contribution >= 0.6 is 0 Å². The lowest BCUT2D eigenvalue weighted by Crippen LogP contribution is -2.18. The molecule has 1 aliphatic heterocycles. The van der Waals surface area contributed by atoms with Gasteiger partial charge in [-0.1, -0.05) is 12.8 Å². The van der Waals surface area contributed by atoms with Crippen molar-refractivity contribution in [2.75, 3.05) is 17.4 Å². The van der Waals surface area contributed by atoms with E-state index in [-0.39, 0.29) is 12.7 Å². The summed E-state index contributed by atoms with van der Waals surface area (Å²) in [7, 11) is 0. The van der Waals surface area contributed by atoms with Crippen molar-refractivity contribution in [3.8, 4) is 11.5 Å². The summed E-state index contributed by atoms with van der Waals surface area (Å²) in [6.45, 7) is 0.204. The van der Waals surface area contributed by atoms with Crippen molar-refractivity contribution >= 4 is 17.5 Å². The van der Waals surface area contributed by atoms with E-state index in [1.165, 1.54) is 25.2 Å². The van der Waals surface area contributed by atoms with Crippen LogP contribution in [0.5, 0.6) is 11.5 Å². The number of nitrogens with zero attached hydrogens (tertiary/aromatic N) is 2. The van der Waals surface area contributed by atoms with Crippen molar-refractivity contribution in [3.05, 3.63) is 36.2 Å². The molecule has 24 heavy (non-hydrogen) atoms. The van der Waals surface area contributed by atoms with Crippen LogP contribution in [0.3, 0.4) is 0 Å². The molecule has 0 unspecified atom stereocenters. The third-order valence-corrected chi connectivity index (χ3v) is 4.23. The van der Waals surface area contributed by atoms with Crippen LogP contribution in [0.15, 0.2) is 30.6 Å². The molecule has 0 radical (unpaired) electrons. The van der Waals surface area contributed by atoms with E-state index in [1.54, 1.807) is 18.2 Å². The second-order valence-electron chi connectivity index (χ2n) is 5.94. The summed E-state index contributed by atoms with van der Waals surface area (Å²) in [6, 6.07) is 5.71. The van der Waals surface area contributed by atoms with Gasteiger partial charge in [0.1, 0.15) is 0 Å². The van der Waals surface area contributed by atoms with Gasteiger partial charge in [-0.05, 0) is 25.0 Å². The molecule has 1 aromatic carbocycles. The Morgan fingerprint density at radius 1 is 1.08 bits per heavy atom. The van der Waals surface area contributed by atoms with E-state index in [1.807, 2.05) is 0 Å². The number of nitrogens with one attached hydrogen (secondary N) is 2. The number of hydrogen-bond acceptors (Lipinski definition) is 6. The molecule has 2 aromatic rings. The zero-order valence-corrected chi connectivity index (χ0v) is 13.1. The van der Waals surface area contributed by atoms with Gasteiger partial charge in [0, 0.05) is 30.2 Å². The van der Waals surface area contributed by atoms with Gasteiger partial charge in [-0.3, -0.25) is 4.79 Å². The van der Waals surface area contributed by atoms with Gasteiger partial charge in [-0.15, -0.1) is 0 Å². The van der Waals surface area contributed by atoms with E-state index in [9.17, 15) is 4.79 Å². The van der Waals surface area contributed by atoms with Crippen LogP contribution in [0.2, 0.25) is 0 Å². The van der Waals surface area contributed by atoms with Crippen molar-refractivity contribution in [3.63, 3.8) is 0 Å². The van der Waals surface area contributed by atoms with Gasteiger partial charge < -0.3 is 20.1 Å². The normalized spacial score (nSPS) is 16.2. The lowest BCUT2D eigenvalue weighted by molar-refractivity contribution is 0.102. The van der Waals surface area contributed by atoms with Crippen LogP contribution in [0.1, 0.15) is 36.0 Å². The minimum absolute atomic E-state index is 0.204. The Hall–Kier alpha value is -2.83. The van der Waals surface area contributed by atoms with Gasteiger partial charge in [-0.25, -0.2) is 9.97 Å². The SMILES string of the molecule is O=C(Nc1ccc2c(c1)OCO2)c1cnc(NC2CCCC2)nc1. The maximum absolute atomic E-state index is 12.3. The molecule has 0 bridgehead atoms. The second-order valence-corrected chi connectivity index (χ2v) is 5.94. The Balaban J connectivity index is 1.40. The molecule has 0 spiro atoms. The van der Waals surface area contributed by atoms with Gasteiger partial charge in [0.05, 0.1) is 5.56 Å². The summed E-state index contributed by atoms with van der Waals surface area (Å²) in [5.74, 6) is 1.61. The molecule has 1 aromatic heterocycles. The highest BCUT2D eigenvalue weighted by atomic mass is 16.7. The number of anilines is 2. The van der Waals surface area contributed by atoms with Crippen LogP contribution in [-0.4, -0.2) is 28.7 Å². The van der Waals surface area contributed by atoms with Gasteiger partial charge in [-0.2, -0.15) is 0 Å². The molecule has 2 N–H and O–H groups in total. The molecule has 1 aliphatic carbocycles. The van der Waals surface area contributed by atoms with E-state index in [2.05, 4.69) is 20.6 Å². The minimum atomic E-state index is -0.263. The Bertz CT molecular complexity index is 742. The molecular formula is C17H18N4O3. The van der Waals surface area contributed by atoms with E-state index in [4.69, 9.17) is 9.47 Å². The number of benzene rings is 1. The molecule has 124 valence electrons. The third-order valence-electron chi connectivity index (χ3n) is 4.23. The molecule has 0 atom stereocenters. The topological polar surface area (TPSA) is 85.4 Å². The van der Waals surface area contributed by atoms with E-state index < -0.39 is 0 Å². The zero-order valence-electron chi connectivity index (χ0n) is 13.1. The van der Waals surface area contributed by atoms with Gasteiger partial charge in [0.2, 0.25) is 12.7 Å². The number of rotatable bonds is 4. The summed E-state index contributed by atoms with van der Waals surface area (Å²) in [4.78, 5) is 20.8. The molecular weight excluding hydrogens is 308 g/mol. The molecule has 0 saturated heterocycles. The minimum Gasteiger partial charge on any atom is -0.454 e. The van der Waals surface area contributed by atoms with Crippen LogP contribution in [0.4, 0.5) is 11.6 Å². The van der Waals surface area contributed by atoms with Crippen LogP contribution < -0.4 is 20.1 Å². The average molecular weight is 326 g/mol. The van der Waals surface area contributed by atoms with Crippen LogP contribution in [0.25, 0.3) is 0 Å². The number of aromatic nitrogens is 2. The number of carbonyl (C=O) groups is 1. The van der Waals surface area contributed by atoms with E-state index >= 15 is 0 Å². The smallest absolute Gasteiger partial charge is 0.258 e. The standard InChI is InChI=1S/C17H18N4O3/c22-16(20-13-5-6-14-15(7-13)24-10-23-14)11-8-18-17(19-9-11)21-12-3-1-2-4-12/h5-9,12H,1-4,10H2,(H,20,22)(H,18,19,21). The Kier molecular flexibility index (Phi) is 3.90. The third kappa shape index (κ3) is 3.10. The average Bonchev–Trinajstić information content (AvgIpc) is 3.26. The van der Waals surface area contributed by atoms with Gasteiger partial charge in [0.25, 0.3) is 5.91 Å². The number of fused-ring (bicyclic) bond motifs is 1. The van der Waals surface area contributed by atoms with Crippen molar-refractivity contribution in [2.45, 2.75) is 31.7 Å². The van der Waals surface area contributed by atoms with E-state index in [0.29, 0.717) is 34.7 Å². The largest absolute Gasteiger partial charge is 0.454 e. The Morgan fingerprint density at radius 2 is 1.83 bits per heavy atom. The zero-order chi connectivity index (χ0) is 16.4.